The Balaban J connectivity index is 1.49. The number of urea groups is 1. The third kappa shape index (κ3) is 3.73. The summed E-state index contributed by atoms with van der Waals surface area (Å²) in [6, 6.07) is 11.7. The van der Waals surface area contributed by atoms with Gasteiger partial charge < -0.3 is 15.5 Å². The molecule has 2 N–H and O–H groups in total. The van der Waals surface area contributed by atoms with Gasteiger partial charge in [-0.15, -0.1) is 0 Å². The van der Waals surface area contributed by atoms with Crippen LogP contribution >= 0.6 is 0 Å². The van der Waals surface area contributed by atoms with Crippen LogP contribution in [0.4, 0.5) is 15.0 Å². The van der Waals surface area contributed by atoms with Crippen molar-refractivity contribution in [1.29, 1.82) is 0 Å². The molecule has 162 valence electrons. The van der Waals surface area contributed by atoms with Crippen LogP contribution in [0, 0.1) is 5.82 Å². The van der Waals surface area contributed by atoms with E-state index in [2.05, 4.69) is 14.9 Å². The molecule has 0 aliphatic carbocycles. The van der Waals surface area contributed by atoms with Crippen LogP contribution in [0.3, 0.4) is 0 Å². The van der Waals surface area contributed by atoms with E-state index in [-0.39, 0.29) is 11.8 Å². The fourth-order valence-corrected chi connectivity index (χ4v) is 4.04. The number of primary amides is 1. The molecule has 0 radical (unpaired) electrons. The van der Waals surface area contributed by atoms with Crippen LogP contribution in [-0.4, -0.2) is 56.6 Å². The number of hydrogen-bond acceptors (Lipinski definition) is 5. The molecule has 8 nitrogen and oxygen atoms in total. The van der Waals surface area contributed by atoms with Gasteiger partial charge in [0.05, 0.1) is 17.2 Å². The van der Waals surface area contributed by atoms with E-state index in [1.807, 2.05) is 22.8 Å². The lowest BCUT2D eigenvalue weighted by molar-refractivity contribution is 0.211. The number of hydrogen-bond donors (Lipinski definition) is 1. The van der Waals surface area contributed by atoms with E-state index >= 15 is 0 Å². The number of imidazole rings is 1. The normalized spacial score (nSPS) is 14.5. The molecular formula is C23H22FN7O. The Labute approximate surface area is 184 Å². The molecule has 0 saturated carbocycles. The number of nitrogens with two attached hydrogens (primary N) is 1. The fraction of sp³-hybridized carbons (Fsp3) is 0.217. The SMILES string of the molecule is NC(=O)N1CCCN(c2ccc(-c3nc4ccncc4n3-c3ccc(F)cc3)cn2)CC1. The standard InChI is InChI=1S/C23H22FN7O/c24-17-3-5-18(6-4-17)31-20-15-26-9-8-19(20)28-22(31)16-2-7-21(27-14-16)29-10-1-11-30(13-12-29)23(25)32/h2-9,14-15H,1,10-13H2,(H2,25,32). The van der Waals surface area contributed by atoms with Gasteiger partial charge in [0.15, 0.2) is 0 Å². The second kappa shape index (κ2) is 8.26. The molecule has 2 amide bonds. The second-order valence-corrected chi connectivity index (χ2v) is 7.68. The highest BCUT2D eigenvalue weighted by molar-refractivity contribution is 5.82. The van der Waals surface area contributed by atoms with Crippen molar-refractivity contribution in [1.82, 2.24) is 24.4 Å². The third-order valence-electron chi connectivity index (χ3n) is 5.68. The van der Waals surface area contributed by atoms with Crippen molar-refractivity contribution in [2.45, 2.75) is 6.42 Å². The summed E-state index contributed by atoms with van der Waals surface area (Å²) in [6.07, 6.45) is 6.07. The van der Waals surface area contributed by atoms with Gasteiger partial charge in [0, 0.05) is 49.8 Å². The highest BCUT2D eigenvalue weighted by atomic mass is 19.1. The number of fused-ring (bicyclic) bond motifs is 1. The van der Waals surface area contributed by atoms with Crippen molar-refractivity contribution in [2.75, 3.05) is 31.1 Å². The van der Waals surface area contributed by atoms with Crippen LogP contribution in [0.1, 0.15) is 6.42 Å². The predicted molar refractivity (Wildman–Crippen MR) is 120 cm³/mol. The van der Waals surface area contributed by atoms with Crippen LogP contribution < -0.4 is 10.6 Å². The number of pyridine rings is 2. The monoisotopic (exact) mass is 431 g/mol. The molecule has 4 aromatic rings. The molecule has 1 fully saturated rings. The van der Waals surface area contributed by atoms with Crippen molar-refractivity contribution in [2.24, 2.45) is 5.73 Å². The Morgan fingerprint density at radius 2 is 1.81 bits per heavy atom. The van der Waals surface area contributed by atoms with Crippen LogP contribution in [0.15, 0.2) is 61.1 Å². The molecule has 0 unspecified atom stereocenters. The highest BCUT2D eigenvalue weighted by Gasteiger charge is 2.19. The molecule has 5 rings (SSSR count). The largest absolute Gasteiger partial charge is 0.355 e. The maximum absolute atomic E-state index is 13.5. The first-order valence-corrected chi connectivity index (χ1v) is 10.4. The number of amides is 2. The van der Waals surface area contributed by atoms with Gasteiger partial charge in [-0.1, -0.05) is 0 Å². The van der Waals surface area contributed by atoms with Crippen LogP contribution in [0.5, 0.6) is 0 Å². The molecule has 0 spiro atoms. The highest BCUT2D eigenvalue weighted by Crippen LogP contribution is 2.29. The summed E-state index contributed by atoms with van der Waals surface area (Å²) in [5.74, 6) is 1.25. The van der Waals surface area contributed by atoms with Gasteiger partial charge >= 0.3 is 6.03 Å². The summed E-state index contributed by atoms with van der Waals surface area (Å²) >= 11 is 0. The third-order valence-corrected chi connectivity index (χ3v) is 5.68. The Hall–Kier alpha value is -4.01. The zero-order chi connectivity index (χ0) is 22.1. The van der Waals surface area contributed by atoms with Crippen LogP contribution in [0.25, 0.3) is 28.1 Å². The van der Waals surface area contributed by atoms with Gasteiger partial charge in [-0.2, -0.15) is 0 Å². The lowest BCUT2D eigenvalue weighted by atomic mass is 10.2. The average Bonchev–Trinajstić information content (AvgIpc) is 3.01. The summed E-state index contributed by atoms with van der Waals surface area (Å²) < 4.78 is 15.5. The smallest absolute Gasteiger partial charge is 0.314 e. The molecule has 1 saturated heterocycles. The average molecular weight is 431 g/mol. The van der Waals surface area contributed by atoms with Crippen molar-refractivity contribution < 1.29 is 9.18 Å². The zero-order valence-corrected chi connectivity index (χ0v) is 17.4. The lowest BCUT2D eigenvalue weighted by Crippen LogP contribution is -2.38. The molecule has 9 heteroatoms. The Morgan fingerprint density at radius 3 is 2.56 bits per heavy atom. The number of aromatic nitrogens is 4. The van der Waals surface area contributed by atoms with Gasteiger partial charge in [-0.05, 0) is 48.9 Å². The first kappa shape index (κ1) is 19.9. The minimum Gasteiger partial charge on any atom is -0.355 e. The molecule has 1 aliphatic rings. The topological polar surface area (TPSA) is 93.2 Å². The predicted octanol–water partition coefficient (Wildman–Crippen LogP) is 3.21. The zero-order valence-electron chi connectivity index (χ0n) is 17.4. The maximum Gasteiger partial charge on any atom is 0.314 e. The number of carbonyl (C=O) groups is 1. The number of nitrogens with zero attached hydrogens (tertiary/aromatic N) is 6. The molecule has 4 heterocycles. The van der Waals surface area contributed by atoms with Gasteiger partial charge in [0.25, 0.3) is 0 Å². The molecule has 3 aromatic heterocycles. The van der Waals surface area contributed by atoms with Gasteiger partial charge in [0.2, 0.25) is 0 Å². The number of rotatable bonds is 3. The molecule has 32 heavy (non-hydrogen) atoms. The van der Waals surface area contributed by atoms with E-state index in [9.17, 15) is 9.18 Å². The Morgan fingerprint density at radius 1 is 0.969 bits per heavy atom. The summed E-state index contributed by atoms with van der Waals surface area (Å²) in [5.41, 5.74) is 8.68. The Kier molecular flexibility index (Phi) is 5.14. The van der Waals surface area contributed by atoms with Crippen molar-refractivity contribution in [3.05, 3.63) is 66.9 Å². The summed E-state index contributed by atoms with van der Waals surface area (Å²) in [4.78, 5) is 29.0. The molecule has 1 aromatic carbocycles. The van der Waals surface area contributed by atoms with Crippen LogP contribution in [0.2, 0.25) is 0 Å². The summed E-state index contributed by atoms with van der Waals surface area (Å²) in [6.45, 7) is 2.71. The quantitative estimate of drug-likeness (QED) is 0.538. The number of halogens is 1. The first-order chi connectivity index (χ1) is 15.6. The van der Waals surface area contributed by atoms with Gasteiger partial charge in [-0.3, -0.25) is 9.55 Å². The maximum atomic E-state index is 13.5. The summed E-state index contributed by atoms with van der Waals surface area (Å²) in [7, 11) is 0. The first-order valence-electron chi connectivity index (χ1n) is 10.4. The second-order valence-electron chi connectivity index (χ2n) is 7.68. The van der Waals surface area contributed by atoms with Crippen molar-refractivity contribution in [3.8, 4) is 17.1 Å². The van der Waals surface area contributed by atoms with E-state index in [1.165, 1.54) is 12.1 Å². The molecule has 1 aliphatic heterocycles. The van der Waals surface area contributed by atoms with Gasteiger partial charge in [0.1, 0.15) is 17.5 Å². The van der Waals surface area contributed by atoms with E-state index in [1.54, 1.807) is 35.6 Å². The van der Waals surface area contributed by atoms with E-state index in [4.69, 9.17) is 10.7 Å². The lowest BCUT2D eigenvalue weighted by Gasteiger charge is -2.22. The van der Waals surface area contributed by atoms with Crippen molar-refractivity contribution in [3.63, 3.8) is 0 Å². The number of anilines is 1. The summed E-state index contributed by atoms with van der Waals surface area (Å²) in [5, 5.41) is 0. The Bertz CT molecular complexity index is 1250. The van der Waals surface area contributed by atoms with E-state index in [0.717, 1.165) is 41.1 Å². The minimum absolute atomic E-state index is 0.295. The molecule has 0 atom stereocenters. The van der Waals surface area contributed by atoms with Crippen LogP contribution in [-0.2, 0) is 0 Å². The molecule has 0 bridgehead atoms. The minimum atomic E-state index is -0.385. The molecular weight excluding hydrogens is 409 g/mol. The van der Waals surface area contributed by atoms with Crippen molar-refractivity contribution >= 4 is 22.9 Å². The number of benzene rings is 1. The number of carbonyl (C=O) groups excluding carboxylic acids is 1. The fourth-order valence-electron chi connectivity index (χ4n) is 4.04. The van der Waals surface area contributed by atoms with E-state index in [0.29, 0.717) is 25.5 Å². The van der Waals surface area contributed by atoms with Gasteiger partial charge in [-0.25, -0.2) is 19.2 Å². The van der Waals surface area contributed by atoms with E-state index < -0.39 is 0 Å².